The zero-order valence-corrected chi connectivity index (χ0v) is 15.0. The van der Waals surface area contributed by atoms with Crippen LogP contribution < -0.4 is 4.74 Å². The Morgan fingerprint density at radius 1 is 1.35 bits per heavy atom. The number of carbonyl (C=O) groups excluding carboxylic acids is 1. The van der Waals surface area contributed by atoms with Crippen LogP contribution in [-0.4, -0.2) is 57.2 Å². The van der Waals surface area contributed by atoms with Crippen LogP contribution in [0.1, 0.15) is 34.6 Å². The fourth-order valence-corrected chi connectivity index (χ4v) is 3.73. The smallest absolute Gasteiger partial charge is 0.273 e. The number of hydrogen-bond donors (Lipinski definition) is 0. The number of likely N-dealkylation sites (tertiary alicyclic amines) is 1. The van der Waals surface area contributed by atoms with Crippen LogP contribution in [0.5, 0.6) is 5.75 Å². The molecule has 2 aromatic heterocycles. The van der Waals surface area contributed by atoms with E-state index in [4.69, 9.17) is 9.47 Å². The van der Waals surface area contributed by atoms with Crippen LogP contribution >= 0.6 is 0 Å². The third kappa shape index (κ3) is 3.03. The second kappa shape index (κ2) is 6.99. The highest BCUT2D eigenvalue weighted by molar-refractivity contribution is 5.94. The molecule has 1 amide bonds. The number of aryl methyl sites for hydroxylation is 1. The summed E-state index contributed by atoms with van der Waals surface area (Å²) < 4.78 is 12.1. The number of rotatable bonds is 3. The fraction of sp³-hybridized carbons (Fsp3) is 0.474. The molecule has 0 bridgehead atoms. The monoisotopic (exact) mass is 354 g/mol. The molecule has 0 saturated carbocycles. The molecule has 2 fully saturated rings. The third-order valence-electron chi connectivity index (χ3n) is 5.20. The first-order valence-electron chi connectivity index (χ1n) is 8.92. The maximum Gasteiger partial charge on any atom is 0.273 e. The number of fused-ring (bicyclic) bond motifs is 1. The van der Waals surface area contributed by atoms with Gasteiger partial charge in [0.05, 0.1) is 18.8 Å². The molecule has 0 unspecified atom stereocenters. The number of nitrogens with zero attached hydrogens (tertiary/aromatic N) is 4. The van der Waals surface area contributed by atoms with Gasteiger partial charge < -0.3 is 14.4 Å². The van der Waals surface area contributed by atoms with E-state index in [-0.39, 0.29) is 24.2 Å². The van der Waals surface area contributed by atoms with Gasteiger partial charge in [-0.05, 0) is 38.8 Å². The molecule has 4 heterocycles. The molecule has 0 radical (unpaired) electrons. The molecular weight excluding hydrogens is 332 g/mol. The number of aromatic nitrogens is 3. The predicted molar refractivity (Wildman–Crippen MR) is 94.0 cm³/mol. The normalized spacial score (nSPS) is 25.0. The lowest BCUT2D eigenvalue weighted by Gasteiger charge is -2.32. The van der Waals surface area contributed by atoms with Crippen molar-refractivity contribution in [3.63, 3.8) is 0 Å². The number of carbonyl (C=O) groups is 1. The number of pyridine rings is 1. The summed E-state index contributed by atoms with van der Waals surface area (Å²) in [5, 5.41) is 0. The average Bonchev–Trinajstić information content (AvgIpc) is 3.03. The molecule has 26 heavy (non-hydrogen) atoms. The van der Waals surface area contributed by atoms with Crippen molar-refractivity contribution in [1.82, 2.24) is 19.9 Å². The highest BCUT2D eigenvalue weighted by Gasteiger charge is 2.48. The second-order valence-corrected chi connectivity index (χ2v) is 6.78. The molecule has 2 aliphatic rings. The van der Waals surface area contributed by atoms with E-state index >= 15 is 0 Å². The largest absolute Gasteiger partial charge is 0.484 e. The van der Waals surface area contributed by atoms with Crippen molar-refractivity contribution >= 4 is 5.91 Å². The molecule has 0 N–H and O–H groups in total. The summed E-state index contributed by atoms with van der Waals surface area (Å²) in [5.41, 5.74) is 2.11. The lowest BCUT2D eigenvalue weighted by atomic mass is 10.0. The number of ether oxygens (including phenoxy) is 2. The van der Waals surface area contributed by atoms with Gasteiger partial charge in [0.1, 0.15) is 30.0 Å². The Morgan fingerprint density at radius 2 is 2.23 bits per heavy atom. The van der Waals surface area contributed by atoms with Crippen molar-refractivity contribution in [3.8, 4) is 5.75 Å². The molecule has 7 nitrogen and oxygen atoms in total. The number of amides is 1. The quantitative estimate of drug-likeness (QED) is 0.838. The molecule has 136 valence electrons. The van der Waals surface area contributed by atoms with E-state index in [0.29, 0.717) is 24.6 Å². The van der Waals surface area contributed by atoms with Crippen molar-refractivity contribution in [1.29, 1.82) is 0 Å². The van der Waals surface area contributed by atoms with E-state index in [1.54, 1.807) is 12.4 Å². The maximum absolute atomic E-state index is 13.2. The molecule has 3 atom stereocenters. The molecule has 2 saturated heterocycles. The van der Waals surface area contributed by atoms with Crippen molar-refractivity contribution in [2.45, 2.75) is 44.9 Å². The van der Waals surface area contributed by atoms with E-state index in [1.165, 1.54) is 6.33 Å². The molecular formula is C19H22N4O3. The minimum absolute atomic E-state index is 0.00703. The Kier molecular flexibility index (Phi) is 4.55. The van der Waals surface area contributed by atoms with Gasteiger partial charge in [-0.1, -0.05) is 0 Å². The van der Waals surface area contributed by atoms with Crippen LogP contribution in [0.25, 0.3) is 0 Å². The Hall–Kier alpha value is -2.54. The van der Waals surface area contributed by atoms with Gasteiger partial charge in [0.25, 0.3) is 5.91 Å². The molecule has 0 aliphatic carbocycles. The number of hydrogen-bond acceptors (Lipinski definition) is 6. The molecule has 7 heteroatoms. The lowest BCUT2D eigenvalue weighted by molar-refractivity contribution is -0.0447. The Bertz CT molecular complexity index is 799. The third-order valence-corrected chi connectivity index (χ3v) is 5.20. The summed E-state index contributed by atoms with van der Waals surface area (Å²) in [6.45, 7) is 4.95. The highest BCUT2D eigenvalue weighted by atomic mass is 16.5. The van der Waals surface area contributed by atoms with Crippen molar-refractivity contribution in [2.75, 3.05) is 13.2 Å². The van der Waals surface area contributed by atoms with Crippen molar-refractivity contribution in [2.24, 2.45) is 0 Å². The van der Waals surface area contributed by atoms with Gasteiger partial charge in [0.2, 0.25) is 0 Å². The molecule has 2 aliphatic heterocycles. The Morgan fingerprint density at radius 3 is 3.04 bits per heavy atom. The summed E-state index contributed by atoms with van der Waals surface area (Å²) in [6.07, 6.45) is 6.34. The summed E-state index contributed by atoms with van der Waals surface area (Å²) in [6, 6.07) is 3.71. The van der Waals surface area contributed by atoms with Crippen LogP contribution in [0.15, 0.2) is 30.9 Å². The molecule has 0 aromatic carbocycles. The van der Waals surface area contributed by atoms with E-state index < -0.39 is 0 Å². The fourth-order valence-electron chi connectivity index (χ4n) is 3.73. The summed E-state index contributed by atoms with van der Waals surface area (Å²) >= 11 is 0. The minimum atomic E-state index is -0.211. The SMILES string of the molecule is Cc1ncnc(C(=O)N2C[C@H](Oc3cccnc3)[C@H]3OCCC[C@H]32)c1C. The van der Waals surface area contributed by atoms with Crippen molar-refractivity contribution < 1.29 is 14.3 Å². The standard InChI is InChI=1S/C19H22N4O3/c1-12-13(2)21-11-22-17(12)19(24)23-10-16(18-15(23)6-4-8-25-18)26-14-5-3-7-20-9-14/h3,5,7,9,11,15-16,18H,4,6,8,10H2,1-2H3/t15-,16+,18+/m1/s1. The van der Waals surface area contributed by atoms with E-state index in [0.717, 1.165) is 24.1 Å². The van der Waals surface area contributed by atoms with Gasteiger partial charge in [-0.15, -0.1) is 0 Å². The first-order chi connectivity index (χ1) is 12.6. The van der Waals surface area contributed by atoms with Crippen LogP contribution in [0.2, 0.25) is 0 Å². The van der Waals surface area contributed by atoms with Crippen LogP contribution in [-0.2, 0) is 4.74 Å². The summed E-state index contributed by atoms with van der Waals surface area (Å²) in [5.74, 6) is 0.611. The average molecular weight is 354 g/mol. The maximum atomic E-state index is 13.2. The van der Waals surface area contributed by atoms with Gasteiger partial charge >= 0.3 is 0 Å². The highest BCUT2D eigenvalue weighted by Crippen LogP contribution is 2.32. The van der Waals surface area contributed by atoms with Gasteiger partial charge in [-0.2, -0.15) is 0 Å². The van der Waals surface area contributed by atoms with Crippen LogP contribution in [0.4, 0.5) is 0 Å². The Labute approximate surface area is 152 Å². The first kappa shape index (κ1) is 16.9. The summed E-state index contributed by atoms with van der Waals surface area (Å²) in [4.78, 5) is 27.5. The molecule has 0 spiro atoms. The van der Waals surface area contributed by atoms with E-state index in [1.807, 2.05) is 30.9 Å². The van der Waals surface area contributed by atoms with Gasteiger partial charge in [-0.25, -0.2) is 9.97 Å². The summed E-state index contributed by atoms with van der Waals surface area (Å²) in [7, 11) is 0. The minimum Gasteiger partial charge on any atom is -0.484 e. The van der Waals surface area contributed by atoms with Crippen LogP contribution in [0, 0.1) is 13.8 Å². The van der Waals surface area contributed by atoms with E-state index in [9.17, 15) is 4.79 Å². The zero-order chi connectivity index (χ0) is 18.1. The van der Waals surface area contributed by atoms with Gasteiger partial charge in [-0.3, -0.25) is 9.78 Å². The van der Waals surface area contributed by atoms with Crippen molar-refractivity contribution in [3.05, 3.63) is 47.8 Å². The van der Waals surface area contributed by atoms with Gasteiger partial charge in [0, 0.05) is 24.1 Å². The molecule has 4 rings (SSSR count). The van der Waals surface area contributed by atoms with E-state index in [2.05, 4.69) is 15.0 Å². The predicted octanol–water partition coefficient (Wildman–Crippen LogP) is 1.94. The van der Waals surface area contributed by atoms with Gasteiger partial charge in [0.15, 0.2) is 0 Å². The first-order valence-corrected chi connectivity index (χ1v) is 8.92. The lowest BCUT2D eigenvalue weighted by Crippen LogP contribution is -2.44. The Balaban J connectivity index is 1.60. The zero-order valence-electron chi connectivity index (χ0n) is 15.0. The van der Waals surface area contributed by atoms with Crippen LogP contribution in [0.3, 0.4) is 0 Å². The second-order valence-electron chi connectivity index (χ2n) is 6.78. The molecule has 2 aromatic rings. The topological polar surface area (TPSA) is 77.4 Å².